The van der Waals surface area contributed by atoms with Gasteiger partial charge in [-0.25, -0.2) is 12.8 Å². The van der Waals surface area contributed by atoms with Gasteiger partial charge in [0.15, 0.2) is 0 Å². The Hall–Kier alpha value is -2.14. The van der Waals surface area contributed by atoms with E-state index in [0.717, 1.165) is 28.4 Å². The Balaban J connectivity index is 1.64. The number of aliphatic carboxylic acids is 1. The van der Waals surface area contributed by atoms with Crippen molar-refractivity contribution >= 4 is 38.9 Å². The number of aromatic nitrogens is 1. The molecule has 6 nitrogen and oxygen atoms in total. The standard InChI is InChI=1S/C19H17FN2O4S3/c1-18(12-5-3-2-4-6-12)11-19(18,17(23)24)22-29(25,26)16-8-7-15(27-16)14-9-13(10-20)28-21-14/h2-9,22H,10-11H2,1H3,(H,23,24)/t18-,19-/m1/s1. The van der Waals surface area contributed by atoms with Crippen LogP contribution >= 0.6 is 22.9 Å². The summed E-state index contributed by atoms with van der Waals surface area (Å²) in [4.78, 5) is 13.1. The second-order valence-corrected chi connectivity index (χ2v) is 11.0. The van der Waals surface area contributed by atoms with Crippen LogP contribution in [0.3, 0.4) is 0 Å². The number of halogens is 1. The van der Waals surface area contributed by atoms with Gasteiger partial charge in [0.05, 0.1) is 15.4 Å². The molecule has 1 fully saturated rings. The Morgan fingerprint density at radius 1 is 1.28 bits per heavy atom. The fourth-order valence-electron chi connectivity index (χ4n) is 3.52. The lowest BCUT2D eigenvalue weighted by atomic mass is 9.93. The molecule has 10 heteroatoms. The summed E-state index contributed by atoms with van der Waals surface area (Å²) in [5.41, 5.74) is -1.20. The minimum atomic E-state index is -4.08. The number of thiophene rings is 1. The minimum Gasteiger partial charge on any atom is -0.480 e. The molecule has 2 heterocycles. The maximum absolute atomic E-state index is 13.0. The molecule has 1 aliphatic rings. The van der Waals surface area contributed by atoms with Gasteiger partial charge in [0.25, 0.3) is 10.0 Å². The zero-order valence-electron chi connectivity index (χ0n) is 15.3. The van der Waals surface area contributed by atoms with Crippen LogP contribution in [-0.4, -0.2) is 29.4 Å². The molecule has 0 unspecified atom stereocenters. The second-order valence-electron chi connectivity index (χ2n) is 7.12. The third-order valence-corrected chi connectivity index (χ3v) is 9.15. The normalized spacial score (nSPS) is 23.8. The van der Waals surface area contributed by atoms with E-state index in [1.807, 2.05) is 6.07 Å². The van der Waals surface area contributed by atoms with Gasteiger partial charge >= 0.3 is 5.97 Å². The highest BCUT2D eigenvalue weighted by Gasteiger charge is 2.72. The highest BCUT2D eigenvalue weighted by atomic mass is 32.2. The van der Waals surface area contributed by atoms with Gasteiger partial charge in [0.2, 0.25) is 0 Å². The lowest BCUT2D eigenvalue weighted by Gasteiger charge is -2.20. The van der Waals surface area contributed by atoms with Crippen molar-refractivity contribution in [3.05, 3.63) is 59.0 Å². The topological polar surface area (TPSA) is 96.4 Å². The average Bonchev–Trinajstić information content (AvgIpc) is 3.11. The summed E-state index contributed by atoms with van der Waals surface area (Å²) in [6, 6.07) is 13.6. The molecular weight excluding hydrogens is 435 g/mol. The first-order valence-electron chi connectivity index (χ1n) is 8.66. The van der Waals surface area contributed by atoms with E-state index in [0.29, 0.717) is 15.4 Å². The second kappa shape index (κ2) is 6.98. The van der Waals surface area contributed by atoms with Gasteiger partial charge in [-0.2, -0.15) is 9.10 Å². The maximum atomic E-state index is 13.0. The predicted octanol–water partition coefficient (Wildman–Crippen LogP) is 3.80. The van der Waals surface area contributed by atoms with Crippen molar-refractivity contribution in [3.8, 4) is 10.6 Å². The molecule has 0 radical (unpaired) electrons. The zero-order valence-corrected chi connectivity index (χ0v) is 17.7. The van der Waals surface area contributed by atoms with Crippen LogP contribution in [0.25, 0.3) is 10.6 Å². The molecular formula is C19H17FN2O4S3. The quantitative estimate of drug-likeness (QED) is 0.568. The number of carboxylic acid groups (broad SMARTS) is 1. The van der Waals surface area contributed by atoms with Crippen molar-refractivity contribution in [2.24, 2.45) is 0 Å². The highest BCUT2D eigenvalue weighted by molar-refractivity contribution is 7.91. The van der Waals surface area contributed by atoms with E-state index in [4.69, 9.17) is 0 Å². The van der Waals surface area contributed by atoms with E-state index < -0.39 is 33.6 Å². The molecule has 1 saturated carbocycles. The Morgan fingerprint density at radius 2 is 2.00 bits per heavy atom. The van der Waals surface area contributed by atoms with Gasteiger partial charge in [-0.1, -0.05) is 37.3 Å². The third-order valence-electron chi connectivity index (χ3n) is 5.31. The number of hydrogen-bond donors (Lipinski definition) is 2. The average molecular weight is 453 g/mol. The summed E-state index contributed by atoms with van der Waals surface area (Å²) in [6.07, 6.45) is 0.156. The zero-order chi connectivity index (χ0) is 20.9. The van der Waals surface area contributed by atoms with E-state index >= 15 is 0 Å². The van der Waals surface area contributed by atoms with Gasteiger partial charge in [0.1, 0.15) is 16.4 Å². The number of nitrogens with one attached hydrogen (secondary N) is 1. The number of alkyl halides is 1. The largest absolute Gasteiger partial charge is 0.480 e. The summed E-state index contributed by atoms with van der Waals surface area (Å²) < 4.78 is 45.3. The smallest absolute Gasteiger partial charge is 0.325 e. The monoisotopic (exact) mass is 452 g/mol. The number of rotatable bonds is 7. The molecule has 0 bridgehead atoms. The molecule has 0 aliphatic heterocycles. The van der Waals surface area contributed by atoms with Crippen LogP contribution in [0.2, 0.25) is 0 Å². The molecule has 4 rings (SSSR count). The van der Waals surface area contributed by atoms with Crippen molar-refractivity contribution in [2.75, 3.05) is 0 Å². The molecule has 0 spiro atoms. The first-order chi connectivity index (χ1) is 13.7. The van der Waals surface area contributed by atoms with Crippen LogP contribution in [-0.2, 0) is 26.9 Å². The number of carbonyl (C=O) groups is 1. The fourth-order valence-corrected chi connectivity index (χ4v) is 6.88. The number of carboxylic acids is 1. The van der Waals surface area contributed by atoms with Crippen LogP contribution in [0.4, 0.5) is 4.39 Å². The molecule has 152 valence electrons. The van der Waals surface area contributed by atoms with Crippen molar-refractivity contribution < 1.29 is 22.7 Å². The Kier molecular flexibility index (Phi) is 4.85. The molecule has 2 N–H and O–H groups in total. The summed E-state index contributed by atoms with van der Waals surface area (Å²) in [6.45, 7) is 1.11. The predicted molar refractivity (Wildman–Crippen MR) is 109 cm³/mol. The fraction of sp³-hybridized carbons (Fsp3) is 0.263. The number of nitrogens with zero attached hydrogens (tertiary/aromatic N) is 1. The SMILES string of the molecule is C[C@]1(c2ccccc2)C[C@@]1(NS(=O)(=O)c1ccc(-c2cc(CF)sn2)s1)C(=O)O. The molecule has 0 amide bonds. The molecule has 0 saturated heterocycles. The van der Waals surface area contributed by atoms with Crippen LogP contribution in [0, 0.1) is 0 Å². The third kappa shape index (κ3) is 3.29. The highest BCUT2D eigenvalue weighted by Crippen LogP contribution is 2.58. The summed E-state index contributed by atoms with van der Waals surface area (Å²) >= 11 is 1.99. The summed E-state index contributed by atoms with van der Waals surface area (Å²) in [7, 11) is -4.08. The Morgan fingerprint density at radius 3 is 2.62 bits per heavy atom. The van der Waals surface area contributed by atoms with Crippen LogP contribution in [0.5, 0.6) is 0 Å². The van der Waals surface area contributed by atoms with Gasteiger partial charge in [-0.3, -0.25) is 4.79 Å². The van der Waals surface area contributed by atoms with E-state index in [1.54, 1.807) is 43.3 Å². The van der Waals surface area contributed by atoms with Gasteiger partial charge in [-0.05, 0) is 41.7 Å². The Bertz CT molecular complexity index is 1180. The first-order valence-corrected chi connectivity index (χ1v) is 11.7. The van der Waals surface area contributed by atoms with E-state index in [2.05, 4.69) is 9.10 Å². The molecule has 2 atom stereocenters. The lowest BCUT2D eigenvalue weighted by molar-refractivity contribution is -0.140. The molecule has 29 heavy (non-hydrogen) atoms. The summed E-state index contributed by atoms with van der Waals surface area (Å²) in [5.74, 6) is -1.21. The first kappa shape index (κ1) is 20.1. The van der Waals surface area contributed by atoms with Crippen molar-refractivity contribution in [1.82, 2.24) is 9.10 Å². The van der Waals surface area contributed by atoms with Crippen molar-refractivity contribution in [1.29, 1.82) is 0 Å². The molecule has 3 aromatic rings. The van der Waals surface area contributed by atoms with Gasteiger partial charge < -0.3 is 5.11 Å². The number of sulfonamides is 1. The molecule has 1 aromatic carbocycles. The van der Waals surface area contributed by atoms with Crippen LogP contribution in [0.15, 0.2) is 52.7 Å². The van der Waals surface area contributed by atoms with Crippen LogP contribution < -0.4 is 4.72 Å². The van der Waals surface area contributed by atoms with Gasteiger partial charge in [0, 0.05) is 5.41 Å². The van der Waals surface area contributed by atoms with Crippen LogP contribution in [0.1, 0.15) is 23.8 Å². The molecule has 2 aromatic heterocycles. The number of hydrogen-bond acceptors (Lipinski definition) is 6. The number of benzene rings is 1. The maximum Gasteiger partial charge on any atom is 0.325 e. The Labute approximate surface area is 175 Å². The van der Waals surface area contributed by atoms with E-state index in [1.165, 1.54) is 6.07 Å². The molecule has 1 aliphatic carbocycles. The van der Waals surface area contributed by atoms with E-state index in [-0.39, 0.29) is 10.6 Å². The van der Waals surface area contributed by atoms with E-state index in [9.17, 15) is 22.7 Å². The van der Waals surface area contributed by atoms with Gasteiger partial charge in [-0.15, -0.1) is 11.3 Å². The minimum absolute atomic E-state index is 0.00904. The van der Waals surface area contributed by atoms with Crippen molar-refractivity contribution in [2.45, 2.75) is 35.2 Å². The summed E-state index contributed by atoms with van der Waals surface area (Å²) in [5, 5.41) is 9.86. The van der Waals surface area contributed by atoms with Crippen molar-refractivity contribution in [3.63, 3.8) is 0 Å². The lowest BCUT2D eigenvalue weighted by Crippen LogP contribution is -2.47.